The highest BCUT2D eigenvalue weighted by Gasteiger charge is 2.31. The number of hydrogen-bond acceptors (Lipinski definition) is 18. The van der Waals surface area contributed by atoms with E-state index in [-0.39, 0.29) is 17.2 Å². The van der Waals surface area contributed by atoms with Crippen molar-refractivity contribution in [3.05, 3.63) is 255 Å². The van der Waals surface area contributed by atoms with Gasteiger partial charge in [0, 0.05) is 101 Å². The van der Waals surface area contributed by atoms with Crippen molar-refractivity contribution in [3.63, 3.8) is 0 Å². The number of ether oxygens (including phenoxy) is 1. The fourth-order valence-corrected chi connectivity index (χ4v) is 21.4. The van der Waals surface area contributed by atoms with Crippen molar-refractivity contribution in [2.75, 3.05) is 20.2 Å². The zero-order valence-electron chi connectivity index (χ0n) is 73.7. The molecule has 0 amide bonds. The molecule has 6 aliphatic carbocycles. The molecule has 0 radical (unpaired) electrons. The van der Waals surface area contributed by atoms with Gasteiger partial charge in [-0.15, -0.1) is 0 Å². The number of nitrogens with zero attached hydrogens (tertiary/aromatic N) is 13. The van der Waals surface area contributed by atoms with E-state index in [2.05, 4.69) is 147 Å². The predicted molar refractivity (Wildman–Crippen MR) is 516 cm³/mol. The van der Waals surface area contributed by atoms with Gasteiger partial charge in [-0.25, -0.2) is 24.9 Å². The van der Waals surface area contributed by atoms with Gasteiger partial charge in [-0.1, -0.05) is 43.3 Å². The minimum absolute atomic E-state index is 0.269. The lowest BCUT2D eigenvalue weighted by atomic mass is 9.85. The van der Waals surface area contributed by atoms with Gasteiger partial charge in [0.2, 0.25) is 0 Å². The summed E-state index contributed by atoms with van der Waals surface area (Å²) in [4.78, 5) is 32.5. The van der Waals surface area contributed by atoms with Crippen LogP contribution in [0.3, 0.4) is 0 Å². The number of phenolic OH excluding ortho intramolecular Hbond substituents is 3. The number of nitrogens with one attached hydrogen (secondary N) is 5. The monoisotopic (exact) mass is 1720 g/mol. The van der Waals surface area contributed by atoms with Crippen LogP contribution in [0.15, 0.2) is 175 Å². The number of aromatic amines is 5. The third-order valence-corrected chi connectivity index (χ3v) is 27.8. The van der Waals surface area contributed by atoms with Gasteiger partial charge >= 0.3 is 0 Å². The second kappa shape index (κ2) is 34.2. The van der Waals surface area contributed by atoms with E-state index in [0.717, 1.165) is 230 Å². The number of allylic oxidation sites excluding steroid dienone is 1. The summed E-state index contributed by atoms with van der Waals surface area (Å²) in [5.41, 5.74) is 39.2. The fourth-order valence-electron chi connectivity index (χ4n) is 21.4. The summed E-state index contributed by atoms with van der Waals surface area (Å²) in [7, 11) is 1.67. The summed E-state index contributed by atoms with van der Waals surface area (Å²) in [6.45, 7) is 11.3. The van der Waals surface area contributed by atoms with E-state index in [0.29, 0.717) is 0 Å². The molecule has 8 aromatic carbocycles. The number of phenols is 3. The molecule has 648 valence electrons. The lowest BCUT2D eigenvalue weighted by Gasteiger charge is -2.22. The van der Waals surface area contributed by atoms with Crippen LogP contribution in [0.4, 0.5) is 0 Å². The predicted octanol–water partition coefficient (Wildman–Crippen LogP) is 22.8. The Morgan fingerprint density at radius 1 is 0.400 bits per heavy atom. The van der Waals surface area contributed by atoms with Gasteiger partial charge in [0.05, 0.1) is 133 Å². The minimum Gasteiger partial charge on any atom is -0.508 e. The van der Waals surface area contributed by atoms with Crippen LogP contribution >= 0.6 is 0 Å². The van der Waals surface area contributed by atoms with Crippen LogP contribution in [0.25, 0.3) is 171 Å². The molecule has 0 atom stereocenters. The van der Waals surface area contributed by atoms with Gasteiger partial charge in [0.1, 0.15) is 34.3 Å². The van der Waals surface area contributed by atoms with E-state index >= 15 is 0 Å². The lowest BCUT2D eigenvalue weighted by Crippen LogP contribution is -2.22. The molecule has 23 heteroatoms. The second-order valence-electron chi connectivity index (χ2n) is 35.4. The van der Waals surface area contributed by atoms with Crippen molar-refractivity contribution in [1.29, 1.82) is 0 Å². The van der Waals surface area contributed by atoms with Crippen LogP contribution < -0.4 is 4.74 Å². The first-order valence-corrected chi connectivity index (χ1v) is 46.1. The Balaban J connectivity index is 0.0000000955. The topological polar surface area (TPSA) is 320 Å². The number of benzene rings is 8. The molecule has 0 aliphatic heterocycles. The van der Waals surface area contributed by atoms with E-state index in [9.17, 15) is 15.3 Å². The Hall–Kier alpha value is -14.6. The Morgan fingerprint density at radius 3 is 1.41 bits per heavy atom. The first-order chi connectivity index (χ1) is 63.9. The summed E-state index contributed by atoms with van der Waals surface area (Å²) >= 11 is 0. The van der Waals surface area contributed by atoms with E-state index in [4.69, 9.17) is 34.2 Å². The largest absolute Gasteiger partial charge is 0.508 e. The van der Waals surface area contributed by atoms with Crippen molar-refractivity contribution < 1.29 is 24.6 Å². The average molecular weight is 1720 g/mol. The first kappa shape index (κ1) is 81.2. The van der Waals surface area contributed by atoms with Crippen LogP contribution in [0.1, 0.15) is 162 Å². The number of hydrogen-bond donors (Lipinski definition) is 8. The number of aromatic hydroxyl groups is 3. The summed E-state index contributed by atoms with van der Waals surface area (Å²) in [6, 6.07) is 43.2. The maximum atomic E-state index is 9.72. The molecule has 0 saturated carbocycles. The van der Waals surface area contributed by atoms with Crippen LogP contribution in [0.5, 0.6) is 23.0 Å². The molecular weight excluding hydrogens is 1620 g/mol. The molecule has 0 fully saturated rings. The maximum absolute atomic E-state index is 9.72. The number of H-pyrrole nitrogens is 5. The Kier molecular flexibility index (Phi) is 21.4. The van der Waals surface area contributed by atoms with Gasteiger partial charge in [0.15, 0.2) is 0 Å². The van der Waals surface area contributed by atoms with Gasteiger partial charge < -0.3 is 24.6 Å². The van der Waals surface area contributed by atoms with Gasteiger partial charge in [-0.2, -0.15) is 25.5 Å². The van der Waals surface area contributed by atoms with Crippen LogP contribution in [0, 0.1) is 13.8 Å². The zero-order valence-corrected chi connectivity index (χ0v) is 73.7. The van der Waals surface area contributed by atoms with Crippen molar-refractivity contribution in [2.24, 2.45) is 0 Å². The quantitative estimate of drug-likeness (QED) is 0.0631. The number of aromatic nitrogens is 17. The first-order valence-electron chi connectivity index (χ1n) is 46.1. The smallest absolute Gasteiger partial charge is 0.146 e. The number of rotatable bonds is 10. The summed E-state index contributed by atoms with van der Waals surface area (Å²) in [5, 5.41) is 82.2. The molecule has 0 unspecified atom stereocenters. The van der Waals surface area contributed by atoms with E-state index in [1.54, 1.807) is 43.5 Å². The standard InChI is InChI=1S/C25H28N4O.C22H18N4.C21H19N3O2.C20H17N3O.C19H18N4O/c1-3-29(4-2)15-22-24-21(27-28-22)14-13-20-23(24)18-7-5-6-8-19(18)25(26-20)16-9-11-17(30)12-10-16;1-2-6-16-15(5-1)21-17-12-24-26-19(17)8-9-20(21)25-22(16)14-10-13-4-3-7-18(13)23-11-14;1-26-18-10-17-19(16-11-22-24-21(16)18)14-4-2-3-5-15(14)20(23-17)12-6-8-13(25)9-7-12;24-14-8-5-12(6-9-14)18-16-4-2-1-3-15(16)17-10-7-13-11-21-23-19(13)20(17)22-18;1-10-17(11(2)24-23-10)19-13-6-4-3-5-12(13)18-14-9-20-22-15(14)7-8-16(18)21-19/h9-14,30H,3-8,15H2,1-2H3,(H,27,28);3-4,8-12H,1-2,5-7H2,(H,24,26);6-11,25H,2-5H2,1H3,(H,22,24);5-11,24H,1-4H2,(H,21,23);7-9H,3-6H2,1-2H3,(H,20,22). The summed E-state index contributed by atoms with van der Waals surface area (Å²) in [5.74, 6) is 2.44. The normalized spacial score (nSPS) is 14.4. The average Bonchev–Trinajstić information content (AvgIpc) is 1.42. The van der Waals surface area contributed by atoms with E-state index < -0.39 is 0 Å². The number of pyridine rings is 6. The number of aryl methyl sites for hydroxylation is 7. The molecule has 12 heterocycles. The highest BCUT2D eigenvalue weighted by Crippen LogP contribution is 2.47. The van der Waals surface area contributed by atoms with Crippen LogP contribution in [0.2, 0.25) is 0 Å². The van der Waals surface area contributed by atoms with Crippen molar-refractivity contribution >= 4 is 115 Å². The Bertz CT molecular complexity index is 7830. The Labute approximate surface area is 749 Å². The molecule has 8 N–H and O–H groups in total. The van der Waals surface area contributed by atoms with Gasteiger partial charge in [-0.05, 0) is 332 Å². The highest BCUT2D eigenvalue weighted by atomic mass is 16.5. The number of fused-ring (bicyclic) bond motifs is 26. The third-order valence-electron chi connectivity index (χ3n) is 27.8. The molecule has 26 rings (SSSR count). The summed E-state index contributed by atoms with van der Waals surface area (Å²) in [6.07, 6.45) is 37.7. The Morgan fingerprint density at radius 2 is 0.854 bits per heavy atom. The maximum Gasteiger partial charge on any atom is 0.146 e. The third kappa shape index (κ3) is 14.6. The van der Waals surface area contributed by atoms with Crippen LogP contribution in [-0.2, 0) is 77.2 Å². The van der Waals surface area contributed by atoms with Crippen molar-refractivity contribution in [3.8, 4) is 79.3 Å². The van der Waals surface area contributed by atoms with Crippen molar-refractivity contribution in [1.82, 2.24) is 90.9 Å². The SMILES string of the molecule is C1=Cc2cc(-c3nc4ccc5[nH]ncc5c4c4c3CCCC4)cnc2C1.CCN(CC)Cc1[nH]nc2ccc3nc(-c4ccc(O)cc4)c4c(c3c12)CCCC4.COc1cc2nc(-c3ccc(O)cc3)c3c(c2c2cn[nH]c12)CCCC3.Cc1noc(C)c1-c1nc2ccc3[nH]ncc3c2c2c1CCCC2.Oc1ccc(-c2nc3c(ccc4cn[nH]c43)c3c2CCCC3)cc1. The minimum atomic E-state index is 0.269. The molecule has 12 aromatic heterocycles. The molecule has 130 heavy (non-hydrogen) atoms. The van der Waals surface area contributed by atoms with E-state index in [1.165, 1.54) is 180 Å². The molecule has 23 nitrogen and oxygen atoms in total. The molecule has 0 bridgehead atoms. The second-order valence-corrected chi connectivity index (χ2v) is 35.4. The molecule has 0 saturated heterocycles. The molecular formula is C107H100N18O5. The zero-order chi connectivity index (χ0) is 87.8. The summed E-state index contributed by atoms with van der Waals surface area (Å²) < 4.78 is 11.0. The van der Waals surface area contributed by atoms with Crippen LogP contribution in [-0.4, -0.2) is 126 Å². The highest BCUT2D eigenvalue weighted by molar-refractivity contribution is 6.13. The van der Waals surface area contributed by atoms with E-state index in [1.807, 2.05) is 87.3 Å². The van der Waals surface area contributed by atoms with Gasteiger partial charge in [-0.3, -0.25) is 35.4 Å². The lowest BCUT2D eigenvalue weighted by molar-refractivity contribution is 0.293. The molecule has 6 aliphatic rings. The number of methoxy groups -OCH3 is 1. The van der Waals surface area contributed by atoms with Crippen molar-refractivity contribution in [2.45, 2.75) is 169 Å². The molecule has 20 aromatic rings. The fraction of sp³-hybridized carbons (Fsp3) is 0.271. The van der Waals surface area contributed by atoms with Gasteiger partial charge in [0.25, 0.3) is 0 Å². The molecule has 0 spiro atoms.